The minimum Gasteiger partial charge on any atom is -0.507 e. The molecule has 0 bridgehead atoms. The molecular formula is C20H18O8. The van der Waals surface area contributed by atoms with Crippen molar-refractivity contribution in [2.24, 2.45) is 0 Å². The number of phenols is 3. The molecule has 0 saturated heterocycles. The number of phenolic OH excluding ortho intramolecular Hbond substituents is 3. The first-order valence-electron chi connectivity index (χ1n) is 8.69. The highest BCUT2D eigenvalue weighted by molar-refractivity contribution is 6.31. The fraction of sp³-hybridized carbons (Fsp3) is 0.300. The molecule has 0 fully saturated rings. The largest absolute Gasteiger partial charge is 0.507 e. The number of aliphatic hydroxyl groups is 3. The van der Waals surface area contributed by atoms with E-state index in [-0.39, 0.29) is 35.1 Å². The maximum Gasteiger partial charge on any atom is 0.202 e. The van der Waals surface area contributed by atoms with Gasteiger partial charge in [0.25, 0.3) is 0 Å². The third kappa shape index (κ3) is 2.22. The third-order valence-corrected chi connectivity index (χ3v) is 5.70. The molecule has 2 aliphatic carbocycles. The van der Waals surface area contributed by atoms with Crippen LogP contribution in [-0.4, -0.2) is 53.9 Å². The van der Waals surface area contributed by atoms with Crippen LogP contribution in [0.2, 0.25) is 0 Å². The summed E-state index contributed by atoms with van der Waals surface area (Å²) in [5.41, 5.74) is -3.46. The molecule has 2 aromatic carbocycles. The molecule has 0 unspecified atom stereocenters. The fourth-order valence-electron chi connectivity index (χ4n) is 4.13. The molecule has 2 aliphatic rings. The molecule has 0 aliphatic heterocycles. The van der Waals surface area contributed by atoms with Gasteiger partial charge in [-0.2, -0.15) is 0 Å². The van der Waals surface area contributed by atoms with Crippen molar-refractivity contribution in [1.82, 2.24) is 0 Å². The van der Waals surface area contributed by atoms with Gasteiger partial charge in [0.15, 0.2) is 5.78 Å². The summed E-state index contributed by atoms with van der Waals surface area (Å²) in [7, 11) is 0. The van der Waals surface area contributed by atoms with Crippen LogP contribution in [0.4, 0.5) is 0 Å². The second-order valence-corrected chi connectivity index (χ2v) is 7.37. The summed E-state index contributed by atoms with van der Waals surface area (Å²) in [5, 5.41) is 62.5. The molecule has 6 N–H and O–H groups in total. The van der Waals surface area contributed by atoms with Gasteiger partial charge in [-0.1, -0.05) is 12.1 Å². The molecule has 146 valence electrons. The molecule has 0 heterocycles. The van der Waals surface area contributed by atoms with Crippen molar-refractivity contribution in [1.29, 1.82) is 0 Å². The molecule has 0 aromatic heterocycles. The quantitative estimate of drug-likeness (QED) is 0.333. The summed E-state index contributed by atoms with van der Waals surface area (Å²) >= 11 is 0. The van der Waals surface area contributed by atoms with E-state index < -0.39 is 57.8 Å². The SMILES string of the molecule is C[C@H](O)[C@]1(O)Cc2c(O)c3c(c(O)c2[C@@H](O)C1)C(=O)c1c(O)cccc1C3=O. The van der Waals surface area contributed by atoms with Crippen LogP contribution in [0, 0.1) is 0 Å². The Labute approximate surface area is 158 Å². The summed E-state index contributed by atoms with van der Waals surface area (Å²) in [6.45, 7) is 1.32. The Balaban J connectivity index is 2.03. The minimum absolute atomic E-state index is 0.108. The molecule has 0 spiro atoms. The van der Waals surface area contributed by atoms with E-state index >= 15 is 0 Å². The zero-order valence-corrected chi connectivity index (χ0v) is 14.8. The number of ketones is 2. The predicted molar refractivity (Wildman–Crippen MR) is 94.7 cm³/mol. The van der Waals surface area contributed by atoms with Gasteiger partial charge in [0, 0.05) is 29.5 Å². The van der Waals surface area contributed by atoms with Crippen molar-refractivity contribution in [2.45, 2.75) is 37.6 Å². The lowest BCUT2D eigenvalue weighted by Crippen LogP contribution is -2.47. The number of carbonyl (C=O) groups is 2. The maximum absolute atomic E-state index is 12.9. The van der Waals surface area contributed by atoms with Gasteiger partial charge in [0.2, 0.25) is 5.78 Å². The molecule has 0 amide bonds. The lowest BCUT2D eigenvalue weighted by molar-refractivity contribution is -0.0999. The molecule has 8 heteroatoms. The van der Waals surface area contributed by atoms with Crippen LogP contribution in [-0.2, 0) is 6.42 Å². The first kappa shape index (κ1) is 18.4. The Bertz CT molecular complexity index is 1050. The van der Waals surface area contributed by atoms with Crippen LogP contribution in [0.3, 0.4) is 0 Å². The van der Waals surface area contributed by atoms with E-state index in [1.807, 2.05) is 0 Å². The highest BCUT2D eigenvalue weighted by Gasteiger charge is 2.47. The summed E-state index contributed by atoms with van der Waals surface area (Å²) in [5.74, 6) is -3.41. The number of aromatic hydroxyl groups is 3. The topological polar surface area (TPSA) is 156 Å². The van der Waals surface area contributed by atoms with Gasteiger partial charge in [-0.05, 0) is 13.0 Å². The number of rotatable bonds is 1. The van der Waals surface area contributed by atoms with Gasteiger partial charge in [-0.3, -0.25) is 9.59 Å². The van der Waals surface area contributed by atoms with Crippen LogP contribution in [0.1, 0.15) is 62.4 Å². The van der Waals surface area contributed by atoms with Crippen LogP contribution in [0.5, 0.6) is 17.2 Å². The standard InChI is InChI=1S/C20H18O8/c1-7(21)20(28)5-9-13(11(23)6-20)19(27)15-14(17(9)25)16(24)8-3-2-4-10(22)12(8)18(15)26/h2-4,7,11,21-23,25,27-28H,5-6H2,1H3/t7-,11-,20-/m0/s1. The zero-order chi connectivity index (χ0) is 20.5. The smallest absolute Gasteiger partial charge is 0.202 e. The van der Waals surface area contributed by atoms with Gasteiger partial charge in [-0.25, -0.2) is 0 Å². The summed E-state index contributed by atoms with van der Waals surface area (Å²) in [6, 6.07) is 3.91. The van der Waals surface area contributed by atoms with Crippen molar-refractivity contribution < 1.29 is 40.2 Å². The first-order chi connectivity index (χ1) is 13.1. The summed E-state index contributed by atoms with van der Waals surface area (Å²) < 4.78 is 0. The van der Waals surface area contributed by atoms with Crippen molar-refractivity contribution in [3.05, 3.63) is 51.6 Å². The second kappa shape index (κ2) is 5.78. The fourth-order valence-corrected chi connectivity index (χ4v) is 4.13. The lowest BCUT2D eigenvalue weighted by atomic mass is 9.71. The van der Waals surface area contributed by atoms with Crippen molar-refractivity contribution >= 4 is 11.6 Å². The van der Waals surface area contributed by atoms with Crippen molar-refractivity contribution in [2.75, 3.05) is 0 Å². The Kier molecular flexibility index (Phi) is 3.80. The Morgan fingerprint density at radius 1 is 1.04 bits per heavy atom. The number of benzene rings is 2. The molecular weight excluding hydrogens is 368 g/mol. The molecule has 0 saturated carbocycles. The lowest BCUT2D eigenvalue weighted by Gasteiger charge is -2.39. The van der Waals surface area contributed by atoms with Crippen LogP contribution in [0.15, 0.2) is 18.2 Å². The van der Waals surface area contributed by atoms with Gasteiger partial charge in [0.1, 0.15) is 17.2 Å². The average Bonchev–Trinajstić information content (AvgIpc) is 2.61. The van der Waals surface area contributed by atoms with E-state index in [0.29, 0.717) is 0 Å². The zero-order valence-electron chi connectivity index (χ0n) is 14.8. The van der Waals surface area contributed by atoms with Crippen LogP contribution < -0.4 is 0 Å². The minimum atomic E-state index is -1.79. The number of fused-ring (bicyclic) bond motifs is 3. The third-order valence-electron chi connectivity index (χ3n) is 5.70. The Hall–Kier alpha value is -2.94. The highest BCUT2D eigenvalue weighted by Crippen LogP contribution is 2.51. The Morgan fingerprint density at radius 2 is 1.68 bits per heavy atom. The second-order valence-electron chi connectivity index (χ2n) is 7.37. The predicted octanol–water partition coefficient (Wildman–Crippen LogP) is 0.670. The van der Waals surface area contributed by atoms with Gasteiger partial charge < -0.3 is 30.6 Å². The molecule has 0 radical (unpaired) electrons. The van der Waals surface area contributed by atoms with E-state index in [9.17, 15) is 40.2 Å². The normalized spacial score (nSPS) is 24.4. The van der Waals surface area contributed by atoms with Crippen molar-refractivity contribution in [3.63, 3.8) is 0 Å². The summed E-state index contributed by atoms with van der Waals surface area (Å²) in [4.78, 5) is 25.9. The molecule has 2 aromatic rings. The van der Waals surface area contributed by atoms with Gasteiger partial charge in [-0.15, -0.1) is 0 Å². The van der Waals surface area contributed by atoms with E-state index in [0.717, 1.165) is 0 Å². The summed E-state index contributed by atoms with van der Waals surface area (Å²) in [6.07, 6.45) is -3.43. The first-order valence-corrected chi connectivity index (χ1v) is 8.69. The monoisotopic (exact) mass is 386 g/mol. The Morgan fingerprint density at radius 3 is 2.32 bits per heavy atom. The molecule has 3 atom stereocenters. The molecule has 28 heavy (non-hydrogen) atoms. The van der Waals surface area contributed by atoms with Crippen molar-refractivity contribution in [3.8, 4) is 17.2 Å². The highest BCUT2D eigenvalue weighted by atomic mass is 16.3. The van der Waals surface area contributed by atoms with Gasteiger partial charge in [0.05, 0.1) is 34.5 Å². The number of aliphatic hydroxyl groups excluding tert-OH is 2. The van der Waals surface area contributed by atoms with E-state index in [2.05, 4.69) is 0 Å². The maximum atomic E-state index is 12.9. The van der Waals surface area contributed by atoms with E-state index in [1.165, 1.54) is 25.1 Å². The number of hydrogen-bond donors (Lipinski definition) is 6. The van der Waals surface area contributed by atoms with Gasteiger partial charge >= 0.3 is 0 Å². The molecule has 4 rings (SSSR count). The molecule has 8 nitrogen and oxygen atoms in total. The number of carbonyl (C=O) groups excluding carboxylic acids is 2. The van der Waals surface area contributed by atoms with Crippen LogP contribution >= 0.6 is 0 Å². The number of hydrogen-bond acceptors (Lipinski definition) is 8. The van der Waals surface area contributed by atoms with Crippen LogP contribution in [0.25, 0.3) is 0 Å². The average molecular weight is 386 g/mol. The van der Waals surface area contributed by atoms with E-state index in [1.54, 1.807) is 0 Å². The van der Waals surface area contributed by atoms with E-state index in [4.69, 9.17) is 0 Å².